The summed E-state index contributed by atoms with van der Waals surface area (Å²) in [5, 5.41) is 9.11. The first-order valence-electron chi connectivity index (χ1n) is 4.47. The Morgan fingerprint density at radius 3 is 1.88 bits per heavy atom. The number of carbonyl (C=O) groups is 4. The van der Waals surface area contributed by atoms with Gasteiger partial charge in [-0.3, -0.25) is 14.4 Å². The van der Waals surface area contributed by atoms with Crippen LogP contribution in [0.2, 0.25) is 0 Å². The van der Waals surface area contributed by atoms with Crippen molar-refractivity contribution in [1.82, 2.24) is 0 Å². The molecule has 0 rings (SSSR count). The minimum absolute atomic E-state index is 0.516. The van der Waals surface area contributed by atoms with Gasteiger partial charge in [0, 0.05) is 0 Å². The Bertz CT molecular complexity index is 328. The van der Waals surface area contributed by atoms with Crippen LogP contribution in [0.4, 0.5) is 0 Å². The highest BCUT2D eigenvalue weighted by Crippen LogP contribution is 1.98. The minimum atomic E-state index is -1.91. The smallest absolute Gasteiger partial charge is 0.343 e. The van der Waals surface area contributed by atoms with Crippen molar-refractivity contribution in [1.29, 1.82) is 0 Å². The van der Waals surface area contributed by atoms with Gasteiger partial charge >= 0.3 is 23.9 Å². The van der Waals surface area contributed by atoms with Crippen molar-refractivity contribution in [2.45, 2.75) is 12.5 Å². The Balaban J connectivity index is 4.11. The van der Waals surface area contributed by atoms with Crippen molar-refractivity contribution >= 4 is 23.9 Å². The SMILES string of the molecule is NCC(=O)OC(=O)CC(O)C(=O)OC(=O)CN. The van der Waals surface area contributed by atoms with Crippen molar-refractivity contribution < 1.29 is 33.8 Å². The fourth-order valence-electron chi connectivity index (χ4n) is 0.673. The predicted octanol–water partition coefficient (Wildman–Crippen LogP) is -3.21. The molecule has 0 aliphatic heterocycles. The Labute approximate surface area is 95.6 Å². The number of carbonyl (C=O) groups excluding carboxylic acids is 4. The average molecular weight is 248 g/mol. The lowest BCUT2D eigenvalue weighted by molar-refractivity contribution is -0.170. The van der Waals surface area contributed by atoms with Crippen molar-refractivity contribution in [3.05, 3.63) is 0 Å². The van der Waals surface area contributed by atoms with Crippen LogP contribution < -0.4 is 11.5 Å². The van der Waals surface area contributed by atoms with E-state index in [1.165, 1.54) is 0 Å². The molecule has 9 heteroatoms. The minimum Gasteiger partial charge on any atom is -0.392 e. The van der Waals surface area contributed by atoms with E-state index >= 15 is 0 Å². The quantitative estimate of drug-likeness (QED) is 0.336. The van der Waals surface area contributed by atoms with Crippen LogP contribution in [0.5, 0.6) is 0 Å². The highest BCUT2D eigenvalue weighted by molar-refractivity contribution is 5.92. The molecule has 9 nitrogen and oxygen atoms in total. The van der Waals surface area contributed by atoms with E-state index < -0.39 is 49.5 Å². The third-order valence-electron chi connectivity index (χ3n) is 1.41. The van der Waals surface area contributed by atoms with Crippen LogP contribution in [0.3, 0.4) is 0 Å². The predicted molar refractivity (Wildman–Crippen MR) is 50.9 cm³/mol. The fraction of sp³-hybridized carbons (Fsp3) is 0.500. The Morgan fingerprint density at radius 1 is 0.941 bits per heavy atom. The second-order valence-electron chi connectivity index (χ2n) is 2.77. The first kappa shape index (κ1) is 15.2. The van der Waals surface area contributed by atoms with Gasteiger partial charge in [0.15, 0.2) is 6.10 Å². The van der Waals surface area contributed by atoms with Gasteiger partial charge in [0.1, 0.15) is 0 Å². The maximum atomic E-state index is 10.9. The van der Waals surface area contributed by atoms with Gasteiger partial charge in [-0.15, -0.1) is 0 Å². The van der Waals surface area contributed by atoms with E-state index in [4.69, 9.17) is 16.6 Å². The summed E-state index contributed by atoms with van der Waals surface area (Å²) in [5.41, 5.74) is 9.70. The molecule has 0 aromatic carbocycles. The van der Waals surface area contributed by atoms with Gasteiger partial charge in [0.05, 0.1) is 19.5 Å². The standard InChI is InChI=1S/C8H12N2O7/c9-2-6(13)16-5(12)1-4(11)8(15)17-7(14)3-10/h4,11H,1-3,9-10H2. The van der Waals surface area contributed by atoms with E-state index in [1.807, 2.05) is 0 Å². The number of rotatable bonds is 5. The molecule has 1 unspecified atom stereocenters. The largest absolute Gasteiger partial charge is 0.392 e. The molecule has 96 valence electrons. The molecule has 0 radical (unpaired) electrons. The Kier molecular flexibility index (Phi) is 6.63. The van der Waals surface area contributed by atoms with E-state index in [0.717, 1.165) is 0 Å². The lowest BCUT2D eigenvalue weighted by Gasteiger charge is -2.07. The molecule has 0 bridgehead atoms. The number of hydrogen-bond donors (Lipinski definition) is 3. The van der Waals surface area contributed by atoms with Crippen molar-refractivity contribution in [2.24, 2.45) is 11.5 Å². The average Bonchev–Trinajstić information content (AvgIpc) is 2.28. The highest BCUT2D eigenvalue weighted by atomic mass is 16.6. The van der Waals surface area contributed by atoms with Gasteiger partial charge < -0.3 is 26.0 Å². The molecule has 0 aromatic rings. The van der Waals surface area contributed by atoms with E-state index in [9.17, 15) is 19.2 Å². The van der Waals surface area contributed by atoms with Crippen LogP contribution in [0.1, 0.15) is 6.42 Å². The molecule has 0 spiro atoms. The third-order valence-corrected chi connectivity index (χ3v) is 1.41. The van der Waals surface area contributed by atoms with Crippen molar-refractivity contribution in [3.8, 4) is 0 Å². The van der Waals surface area contributed by atoms with Crippen LogP contribution in [-0.2, 0) is 28.7 Å². The lowest BCUT2D eigenvalue weighted by atomic mass is 10.2. The second-order valence-corrected chi connectivity index (χ2v) is 2.77. The van der Waals surface area contributed by atoms with Crippen molar-refractivity contribution in [3.63, 3.8) is 0 Å². The number of esters is 4. The first-order valence-corrected chi connectivity index (χ1v) is 4.47. The molecule has 0 fully saturated rings. The highest BCUT2D eigenvalue weighted by Gasteiger charge is 2.24. The monoisotopic (exact) mass is 248 g/mol. The van der Waals surface area contributed by atoms with E-state index in [1.54, 1.807) is 0 Å². The summed E-state index contributed by atoms with van der Waals surface area (Å²) in [6.07, 6.45) is -2.74. The summed E-state index contributed by atoms with van der Waals surface area (Å²) in [6, 6.07) is 0. The zero-order chi connectivity index (χ0) is 13.4. The zero-order valence-corrected chi connectivity index (χ0v) is 8.75. The van der Waals surface area contributed by atoms with Gasteiger partial charge in [-0.05, 0) is 0 Å². The first-order chi connectivity index (χ1) is 7.90. The van der Waals surface area contributed by atoms with Gasteiger partial charge in [-0.1, -0.05) is 0 Å². The molecule has 0 saturated carbocycles. The van der Waals surface area contributed by atoms with Crippen LogP contribution in [0.15, 0.2) is 0 Å². The normalized spacial score (nSPS) is 11.5. The number of aliphatic hydroxyl groups is 1. The summed E-state index contributed by atoms with van der Waals surface area (Å²) in [5.74, 6) is -4.57. The molecule has 0 amide bonds. The molecule has 1 atom stereocenters. The van der Waals surface area contributed by atoms with Gasteiger partial charge in [0.2, 0.25) is 0 Å². The summed E-state index contributed by atoms with van der Waals surface area (Å²) >= 11 is 0. The molecule has 17 heavy (non-hydrogen) atoms. The summed E-state index contributed by atoms with van der Waals surface area (Å²) in [6.45, 7) is -1.06. The molecule has 0 aliphatic carbocycles. The maximum Gasteiger partial charge on any atom is 0.343 e. The molecule has 0 saturated heterocycles. The van der Waals surface area contributed by atoms with Gasteiger partial charge in [-0.2, -0.15) is 0 Å². The number of hydrogen-bond acceptors (Lipinski definition) is 9. The summed E-state index contributed by atoms with van der Waals surface area (Å²) in [7, 11) is 0. The lowest BCUT2D eigenvalue weighted by Crippen LogP contribution is -2.32. The molecule has 0 aliphatic rings. The Hall–Kier alpha value is -1.84. The van der Waals surface area contributed by atoms with Crippen LogP contribution in [-0.4, -0.2) is 48.2 Å². The van der Waals surface area contributed by atoms with E-state index in [2.05, 4.69) is 9.47 Å². The maximum absolute atomic E-state index is 10.9. The topological polar surface area (TPSA) is 159 Å². The molecule has 0 heterocycles. The molecule has 0 aromatic heterocycles. The molecular formula is C8H12N2O7. The van der Waals surface area contributed by atoms with Gasteiger partial charge in [0.25, 0.3) is 0 Å². The zero-order valence-electron chi connectivity index (χ0n) is 8.75. The van der Waals surface area contributed by atoms with Gasteiger partial charge in [-0.25, -0.2) is 4.79 Å². The molecule has 5 N–H and O–H groups in total. The van der Waals surface area contributed by atoms with Crippen LogP contribution in [0, 0.1) is 0 Å². The number of ether oxygens (including phenoxy) is 2. The summed E-state index contributed by atoms with van der Waals surface area (Å²) in [4.78, 5) is 43.0. The fourth-order valence-corrected chi connectivity index (χ4v) is 0.673. The van der Waals surface area contributed by atoms with E-state index in [-0.39, 0.29) is 0 Å². The third kappa shape index (κ3) is 6.35. The number of nitrogens with two attached hydrogens (primary N) is 2. The second kappa shape index (κ2) is 7.44. The van der Waals surface area contributed by atoms with E-state index in [0.29, 0.717) is 0 Å². The molecular weight excluding hydrogens is 236 g/mol. The summed E-state index contributed by atoms with van der Waals surface area (Å²) < 4.78 is 8.09. The van der Waals surface area contributed by atoms with Crippen LogP contribution in [0.25, 0.3) is 0 Å². The Morgan fingerprint density at radius 2 is 1.41 bits per heavy atom. The number of aliphatic hydroxyl groups excluding tert-OH is 1. The van der Waals surface area contributed by atoms with Crippen molar-refractivity contribution in [2.75, 3.05) is 13.1 Å². The van der Waals surface area contributed by atoms with Crippen LogP contribution >= 0.6 is 0 Å².